The van der Waals surface area contributed by atoms with Crippen LogP contribution in [0.2, 0.25) is 0 Å². The molecule has 0 saturated carbocycles. The normalized spacial score (nSPS) is 14.8. The number of aliphatic hydroxyl groups excluding tert-OH is 1. The molecule has 0 heterocycles. The molecule has 0 aromatic carbocycles. The van der Waals surface area contributed by atoms with Crippen LogP contribution in [0.4, 0.5) is 0 Å². The molecule has 13 heteroatoms. The summed E-state index contributed by atoms with van der Waals surface area (Å²) in [6.45, 7) is 0.845. The number of nitrogens with two attached hydrogens (primary N) is 2. The molecule has 4 atom stereocenters. The predicted molar refractivity (Wildman–Crippen MR) is 99.3 cm³/mol. The number of hydrogen-bond donors (Lipinski definition) is 8. The highest BCUT2D eigenvalue weighted by molar-refractivity contribution is 5.95. The molecule has 0 aliphatic heterocycles. The number of aliphatic carboxylic acids is 2. The maximum atomic E-state index is 12.4. The number of carbonyl (C=O) groups is 5. The maximum Gasteiger partial charge on any atom is 0.322 e. The molecule has 0 rings (SSSR count). The fraction of sp³-hybridized carbons (Fsp3) is 0.688. The van der Waals surface area contributed by atoms with Gasteiger partial charge in [0.05, 0.1) is 18.6 Å². The number of carbonyl (C=O) groups excluding carboxylic acids is 3. The maximum absolute atomic E-state index is 12.4. The molecule has 0 aromatic rings. The molecule has 10 N–H and O–H groups in total. The van der Waals surface area contributed by atoms with Crippen molar-refractivity contribution in [1.29, 1.82) is 0 Å². The van der Waals surface area contributed by atoms with E-state index in [9.17, 15) is 29.1 Å². The highest BCUT2D eigenvalue weighted by Crippen LogP contribution is 2.02. The van der Waals surface area contributed by atoms with Crippen LogP contribution in [0.25, 0.3) is 0 Å². The summed E-state index contributed by atoms with van der Waals surface area (Å²) in [5.74, 6) is -5.53. The zero-order valence-corrected chi connectivity index (χ0v) is 16.1. The van der Waals surface area contributed by atoms with Crippen molar-refractivity contribution in [3.63, 3.8) is 0 Å². The number of carboxylic acids is 2. The van der Waals surface area contributed by atoms with Gasteiger partial charge in [-0.05, 0) is 26.3 Å². The van der Waals surface area contributed by atoms with E-state index in [-0.39, 0.29) is 6.42 Å². The second kappa shape index (κ2) is 13.4. The topological polar surface area (TPSA) is 234 Å². The van der Waals surface area contributed by atoms with Gasteiger partial charge in [0, 0.05) is 0 Å². The van der Waals surface area contributed by atoms with E-state index in [1.807, 2.05) is 5.32 Å². The van der Waals surface area contributed by atoms with Gasteiger partial charge in [0.25, 0.3) is 0 Å². The first-order valence-corrected chi connectivity index (χ1v) is 8.95. The lowest BCUT2D eigenvalue weighted by atomic mass is 10.1. The smallest absolute Gasteiger partial charge is 0.322 e. The standard InChI is InChI=1S/C16H29N5O8/c1-8(22)13(16(29)19-7-12(25)26)21-15(28)10(6-11(23)24)20-14(27)9(18)4-2-3-5-17/h8-10,13,22H,2-7,17-18H2,1H3,(H,19,29)(H,20,27)(H,21,28)(H,23,24)(H,25,26). The van der Waals surface area contributed by atoms with Crippen LogP contribution in [0.5, 0.6) is 0 Å². The molecule has 0 aromatic heterocycles. The fourth-order valence-corrected chi connectivity index (χ4v) is 2.23. The Bertz CT molecular complexity index is 598. The molecule has 0 saturated heterocycles. The van der Waals surface area contributed by atoms with E-state index in [2.05, 4.69) is 10.6 Å². The zero-order valence-electron chi connectivity index (χ0n) is 16.1. The van der Waals surface area contributed by atoms with Crippen molar-refractivity contribution in [1.82, 2.24) is 16.0 Å². The second-order valence-corrected chi connectivity index (χ2v) is 6.39. The molecule has 13 nitrogen and oxygen atoms in total. The average Bonchev–Trinajstić information content (AvgIpc) is 2.62. The Balaban J connectivity index is 5.11. The molecular formula is C16H29N5O8. The van der Waals surface area contributed by atoms with Gasteiger partial charge in [-0.2, -0.15) is 0 Å². The SMILES string of the molecule is CC(O)C(NC(=O)C(CC(=O)O)NC(=O)C(N)CCCCN)C(=O)NCC(=O)O. The minimum absolute atomic E-state index is 0.276. The number of aliphatic hydroxyl groups is 1. The van der Waals surface area contributed by atoms with Crippen molar-refractivity contribution in [3.8, 4) is 0 Å². The van der Waals surface area contributed by atoms with Crippen LogP contribution >= 0.6 is 0 Å². The van der Waals surface area contributed by atoms with E-state index in [1.165, 1.54) is 6.92 Å². The first-order chi connectivity index (χ1) is 13.5. The summed E-state index contributed by atoms with van der Waals surface area (Å²) >= 11 is 0. The van der Waals surface area contributed by atoms with E-state index in [1.54, 1.807) is 0 Å². The number of rotatable bonds is 14. The quantitative estimate of drug-likeness (QED) is 0.129. The minimum Gasteiger partial charge on any atom is -0.481 e. The van der Waals surface area contributed by atoms with E-state index in [0.29, 0.717) is 19.4 Å². The molecule has 4 unspecified atom stereocenters. The molecule has 0 radical (unpaired) electrons. The second-order valence-electron chi connectivity index (χ2n) is 6.39. The van der Waals surface area contributed by atoms with Crippen molar-refractivity contribution in [2.24, 2.45) is 11.5 Å². The number of unbranched alkanes of at least 4 members (excludes halogenated alkanes) is 1. The summed E-state index contributed by atoms with van der Waals surface area (Å²) in [6.07, 6.45) is -0.738. The van der Waals surface area contributed by atoms with Gasteiger partial charge < -0.3 is 42.7 Å². The van der Waals surface area contributed by atoms with Crippen molar-refractivity contribution in [2.75, 3.05) is 13.1 Å². The highest BCUT2D eigenvalue weighted by Gasteiger charge is 2.31. The van der Waals surface area contributed by atoms with E-state index < -0.39 is 66.9 Å². The largest absolute Gasteiger partial charge is 0.481 e. The number of hydrogen-bond acceptors (Lipinski definition) is 8. The molecule has 0 aliphatic carbocycles. The summed E-state index contributed by atoms with van der Waals surface area (Å²) in [5.41, 5.74) is 11.1. The van der Waals surface area contributed by atoms with Crippen LogP contribution in [-0.4, -0.2) is 82.3 Å². The van der Waals surface area contributed by atoms with E-state index >= 15 is 0 Å². The Hall–Kier alpha value is -2.77. The summed E-state index contributed by atoms with van der Waals surface area (Å²) in [6, 6.07) is -4.11. The summed E-state index contributed by atoms with van der Waals surface area (Å²) in [7, 11) is 0. The van der Waals surface area contributed by atoms with Crippen LogP contribution in [0, 0.1) is 0 Å². The molecule has 3 amide bonds. The Morgan fingerprint density at radius 1 is 0.931 bits per heavy atom. The Morgan fingerprint density at radius 3 is 2.03 bits per heavy atom. The van der Waals surface area contributed by atoms with Crippen LogP contribution < -0.4 is 27.4 Å². The third-order valence-electron chi connectivity index (χ3n) is 3.79. The van der Waals surface area contributed by atoms with Crippen LogP contribution in [0.1, 0.15) is 32.6 Å². The molecule has 0 spiro atoms. The lowest BCUT2D eigenvalue weighted by Gasteiger charge is -2.24. The molecule has 29 heavy (non-hydrogen) atoms. The van der Waals surface area contributed by atoms with Crippen LogP contribution in [-0.2, 0) is 24.0 Å². The van der Waals surface area contributed by atoms with Crippen LogP contribution in [0.15, 0.2) is 0 Å². The molecule has 0 bridgehead atoms. The van der Waals surface area contributed by atoms with Crippen molar-refractivity contribution in [3.05, 3.63) is 0 Å². The first-order valence-electron chi connectivity index (χ1n) is 8.95. The monoisotopic (exact) mass is 419 g/mol. The third-order valence-corrected chi connectivity index (χ3v) is 3.79. The van der Waals surface area contributed by atoms with Gasteiger partial charge in [-0.1, -0.05) is 6.42 Å². The van der Waals surface area contributed by atoms with Gasteiger partial charge in [0.2, 0.25) is 17.7 Å². The summed E-state index contributed by atoms with van der Waals surface area (Å²) in [4.78, 5) is 58.1. The van der Waals surface area contributed by atoms with Crippen molar-refractivity contribution >= 4 is 29.7 Å². The minimum atomic E-state index is -1.56. The highest BCUT2D eigenvalue weighted by atomic mass is 16.4. The molecular weight excluding hydrogens is 390 g/mol. The Kier molecular flexibility index (Phi) is 12.1. The van der Waals surface area contributed by atoms with Gasteiger partial charge in [0.15, 0.2) is 0 Å². The van der Waals surface area contributed by atoms with E-state index in [4.69, 9.17) is 21.7 Å². The first kappa shape index (κ1) is 26.2. The predicted octanol–water partition coefficient (Wildman–Crippen LogP) is -3.53. The van der Waals surface area contributed by atoms with Crippen molar-refractivity contribution < 1.29 is 39.3 Å². The Labute approximate surface area is 167 Å². The summed E-state index contributed by atoms with van der Waals surface area (Å²) < 4.78 is 0. The van der Waals surface area contributed by atoms with Crippen molar-refractivity contribution in [2.45, 2.75) is 56.8 Å². The fourth-order valence-electron chi connectivity index (χ4n) is 2.23. The summed E-state index contributed by atoms with van der Waals surface area (Å²) in [5, 5.41) is 33.6. The van der Waals surface area contributed by atoms with Gasteiger partial charge in [-0.15, -0.1) is 0 Å². The Morgan fingerprint density at radius 2 is 1.55 bits per heavy atom. The number of amides is 3. The lowest BCUT2D eigenvalue weighted by molar-refractivity contribution is -0.142. The van der Waals surface area contributed by atoms with Gasteiger partial charge in [-0.3, -0.25) is 24.0 Å². The molecule has 0 fully saturated rings. The van der Waals surface area contributed by atoms with Gasteiger partial charge in [0.1, 0.15) is 18.6 Å². The van der Waals surface area contributed by atoms with Gasteiger partial charge >= 0.3 is 11.9 Å². The lowest BCUT2D eigenvalue weighted by Crippen LogP contribution is -2.59. The molecule has 166 valence electrons. The number of carboxylic acid groups (broad SMARTS) is 2. The van der Waals surface area contributed by atoms with Gasteiger partial charge in [-0.25, -0.2) is 0 Å². The van der Waals surface area contributed by atoms with E-state index in [0.717, 1.165) is 0 Å². The third kappa shape index (κ3) is 11.0. The van der Waals surface area contributed by atoms with Crippen LogP contribution in [0.3, 0.4) is 0 Å². The molecule has 0 aliphatic rings. The zero-order chi connectivity index (χ0) is 22.6. The number of nitrogens with one attached hydrogen (secondary N) is 3. The average molecular weight is 419 g/mol.